The van der Waals surface area contributed by atoms with Gasteiger partial charge in [-0.25, -0.2) is 9.97 Å². The fourth-order valence-electron chi connectivity index (χ4n) is 2.87. The SMILES string of the molecule is [2H]c1cc2cc3nc(cc4ccc(cc5nc(cc1[nH]2)C=C5)[nH]4)C=C3.[Mn]. The first-order valence-corrected chi connectivity index (χ1v) is 7.76. The van der Waals surface area contributed by atoms with Crippen LogP contribution in [0.25, 0.3) is 46.4 Å². The zero-order chi connectivity index (χ0) is 16.8. The van der Waals surface area contributed by atoms with Crippen LogP contribution in [-0.4, -0.2) is 19.9 Å². The number of fused-ring (bicyclic) bond motifs is 8. The first kappa shape index (κ1) is 14.5. The third-order valence-electron chi connectivity index (χ3n) is 3.96. The van der Waals surface area contributed by atoms with Crippen molar-refractivity contribution >= 4 is 46.4 Å². The van der Waals surface area contributed by atoms with Crippen molar-refractivity contribution in [3.05, 3.63) is 71.3 Å². The van der Waals surface area contributed by atoms with E-state index in [4.69, 9.17) is 1.37 Å². The van der Waals surface area contributed by atoms with Crippen LogP contribution in [0.5, 0.6) is 0 Å². The summed E-state index contributed by atoms with van der Waals surface area (Å²) in [5.74, 6) is 0. The Kier molecular flexibility index (Phi) is 3.59. The molecule has 5 rings (SSSR count). The summed E-state index contributed by atoms with van der Waals surface area (Å²) in [6.45, 7) is 0. The minimum Gasteiger partial charge on any atom is -0.355 e. The Morgan fingerprint density at radius 2 is 1.00 bits per heavy atom. The number of H-pyrrole nitrogens is 2. The van der Waals surface area contributed by atoms with Gasteiger partial charge in [-0.15, -0.1) is 0 Å². The molecule has 5 heteroatoms. The van der Waals surface area contributed by atoms with E-state index in [1.807, 2.05) is 60.7 Å². The van der Waals surface area contributed by atoms with Crippen LogP contribution in [-0.2, 0) is 17.1 Å². The predicted molar refractivity (Wildman–Crippen MR) is 98.9 cm³/mol. The van der Waals surface area contributed by atoms with Gasteiger partial charge in [0.25, 0.3) is 0 Å². The van der Waals surface area contributed by atoms with Gasteiger partial charge in [0.2, 0.25) is 0 Å². The summed E-state index contributed by atoms with van der Waals surface area (Å²) in [4.78, 5) is 15.8. The van der Waals surface area contributed by atoms with E-state index in [2.05, 4.69) is 19.9 Å². The Morgan fingerprint density at radius 1 is 0.600 bits per heavy atom. The van der Waals surface area contributed by atoms with Gasteiger partial charge in [-0.3, -0.25) is 0 Å². The molecule has 3 aromatic rings. The Morgan fingerprint density at radius 3 is 1.52 bits per heavy atom. The molecule has 0 amide bonds. The van der Waals surface area contributed by atoms with Crippen LogP contribution in [0.1, 0.15) is 24.1 Å². The first-order chi connectivity index (χ1) is 12.2. The molecule has 0 saturated heterocycles. The van der Waals surface area contributed by atoms with Gasteiger partial charge in [0.15, 0.2) is 0 Å². The molecule has 0 aromatic carbocycles. The topological polar surface area (TPSA) is 57.4 Å². The molecule has 4 nitrogen and oxygen atoms in total. The molecule has 0 aliphatic carbocycles. The van der Waals surface area contributed by atoms with Crippen LogP contribution in [0.4, 0.5) is 0 Å². The van der Waals surface area contributed by atoms with Crippen molar-refractivity contribution in [2.75, 3.05) is 0 Å². The summed E-state index contributed by atoms with van der Waals surface area (Å²) < 4.78 is 8.14. The van der Waals surface area contributed by atoms with E-state index in [0.717, 1.165) is 44.8 Å². The quantitative estimate of drug-likeness (QED) is 0.392. The Bertz CT molecular complexity index is 1220. The monoisotopic (exact) mass is 366 g/mol. The maximum atomic E-state index is 8.14. The standard InChI is InChI=1S/C20H14N4.Mn/c1-2-14-10-16-5-6-18(23-16)12-20-8-7-19(24-20)11-17-4-3-15(22-17)9-13(1)21-14;/h1-12,21,24H;/i1D;. The van der Waals surface area contributed by atoms with Crippen molar-refractivity contribution in [1.29, 1.82) is 0 Å². The fourth-order valence-corrected chi connectivity index (χ4v) is 2.87. The third kappa shape index (κ3) is 3.20. The van der Waals surface area contributed by atoms with Gasteiger partial charge in [-0.05, 0) is 72.8 Å². The number of nitrogens with one attached hydrogen (secondary N) is 2. The number of rotatable bonds is 0. The molecule has 0 unspecified atom stereocenters. The molecule has 0 fully saturated rings. The summed E-state index contributed by atoms with van der Waals surface area (Å²) in [5.41, 5.74) is 7.04. The Hall–Kier alpha value is -2.88. The smallest absolute Gasteiger partial charge is 0.0658 e. The normalized spacial score (nSPS) is 12.7. The van der Waals surface area contributed by atoms with Crippen LogP contribution in [0.15, 0.2) is 48.5 Å². The molecule has 25 heavy (non-hydrogen) atoms. The average Bonchev–Trinajstić information content (AvgIpc) is 3.33. The van der Waals surface area contributed by atoms with Gasteiger partial charge in [-0.2, -0.15) is 0 Å². The number of nitrogens with zero attached hydrogens (tertiary/aromatic N) is 2. The second-order valence-electron chi connectivity index (χ2n) is 5.82. The first-order valence-electron chi connectivity index (χ1n) is 8.26. The fraction of sp³-hybridized carbons (Fsp3) is 0. The van der Waals surface area contributed by atoms with Crippen molar-refractivity contribution in [2.24, 2.45) is 0 Å². The van der Waals surface area contributed by atoms with Crippen LogP contribution < -0.4 is 0 Å². The molecule has 8 bridgehead atoms. The second-order valence-corrected chi connectivity index (χ2v) is 5.82. The molecule has 5 heterocycles. The summed E-state index contributed by atoms with van der Waals surface area (Å²) >= 11 is 0. The van der Waals surface area contributed by atoms with Crippen molar-refractivity contribution < 1.29 is 18.4 Å². The van der Waals surface area contributed by atoms with Gasteiger partial charge < -0.3 is 9.97 Å². The Balaban J connectivity index is 0.00000168. The molecule has 3 aromatic heterocycles. The van der Waals surface area contributed by atoms with E-state index in [1.54, 1.807) is 6.07 Å². The molecular weight excluding hydrogens is 351 g/mol. The minimum atomic E-state index is 0. The van der Waals surface area contributed by atoms with E-state index >= 15 is 0 Å². The van der Waals surface area contributed by atoms with Gasteiger partial charge in [0, 0.05) is 39.1 Å². The minimum absolute atomic E-state index is 0. The zero-order valence-electron chi connectivity index (χ0n) is 14.1. The third-order valence-corrected chi connectivity index (χ3v) is 3.96. The zero-order valence-corrected chi connectivity index (χ0v) is 14.3. The van der Waals surface area contributed by atoms with E-state index in [9.17, 15) is 0 Å². The van der Waals surface area contributed by atoms with E-state index in [-0.39, 0.29) is 17.1 Å². The molecule has 0 spiro atoms. The number of aromatic nitrogens is 4. The number of hydrogen-bond donors (Lipinski definition) is 2. The molecule has 0 saturated carbocycles. The van der Waals surface area contributed by atoms with Crippen molar-refractivity contribution in [1.82, 2.24) is 19.9 Å². The molecule has 2 aliphatic heterocycles. The van der Waals surface area contributed by atoms with Crippen LogP contribution in [0.3, 0.4) is 0 Å². The second kappa shape index (κ2) is 6.20. The van der Waals surface area contributed by atoms with Gasteiger partial charge in [0.1, 0.15) is 0 Å². The van der Waals surface area contributed by atoms with Gasteiger partial charge >= 0.3 is 0 Å². The maximum Gasteiger partial charge on any atom is 0.0658 e. The summed E-state index contributed by atoms with van der Waals surface area (Å²) in [6, 6.07) is 14.1. The molecule has 121 valence electrons. The van der Waals surface area contributed by atoms with Crippen LogP contribution in [0.2, 0.25) is 0 Å². The van der Waals surface area contributed by atoms with E-state index < -0.39 is 0 Å². The summed E-state index contributed by atoms with van der Waals surface area (Å²) in [7, 11) is 0. The number of hydrogen-bond acceptors (Lipinski definition) is 2. The maximum absolute atomic E-state index is 8.14. The van der Waals surface area contributed by atoms with E-state index in [1.165, 1.54) is 0 Å². The van der Waals surface area contributed by atoms with Crippen LogP contribution >= 0.6 is 0 Å². The number of aromatic amines is 2. The molecule has 1 radical (unpaired) electrons. The van der Waals surface area contributed by atoms with Gasteiger partial charge in [-0.1, -0.05) is 0 Å². The van der Waals surface area contributed by atoms with Crippen LogP contribution in [0, 0.1) is 0 Å². The largest absolute Gasteiger partial charge is 0.355 e. The van der Waals surface area contributed by atoms with Crippen molar-refractivity contribution in [3.8, 4) is 0 Å². The molecular formula is C20H14MnN4. The average molecular weight is 366 g/mol. The van der Waals surface area contributed by atoms with E-state index in [0.29, 0.717) is 6.04 Å². The molecule has 2 aliphatic rings. The van der Waals surface area contributed by atoms with Gasteiger partial charge in [0.05, 0.1) is 24.1 Å². The molecule has 2 N–H and O–H groups in total. The van der Waals surface area contributed by atoms with Crippen molar-refractivity contribution in [3.63, 3.8) is 0 Å². The summed E-state index contributed by atoms with van der Waals surface area (Å²) in [6.07, 6.45) is 7.88. The predicted octanol–water partition coefficient (Wildman–Crippen LogP) is 4.65. The van der Waals surface area contributed by atoms with Crippen molar-refractivity contribution in [2.45, 2.75) is 0 Å². The summed E-state index contributed by atoms with van der Waals surface area (Å²) in [5, 5.41) is 0. The Labute approximate surface area is 156 Å². The molecule has 0 atom stereocenters.